The Morgan fingerprint density at radius 3 is 2.33 bits per heavy atom. The van der Waals surface area contributed by atoms with Gasteiger partial charge in [-0.25, -0.2) is 0 Å². The van der Waals surface area contributed by atoms with Crippen molar-refractivity contribution in [2.75, 3.05) is 13.1 Å². The summed E-state index contributed by atoms with van der Waals surface area (Å²) < 4.78 is -1.54. The van der Waals surface area contributed by atoms with Gasteiger partial charge in [0.1, 0.15) is 6.17 Å². The van der Waals surface area contributed by atoms with E-state index < -0.39 is 9.96 Å². The average molecular weight is 350 g/mol. The Balaban J connectivity index is 1.99. The summed E-state index contributed by atoms with van der Waals surface area (Å²) in [6.07, 6.45) is 3.00. The van der Waals surface area contributed by atoms with Gasteiger partial charge in [0, 0.05) is 13.1 Å². The molecular formula is C15H19Cl3N2O. The third kappa shape index (κ3) is 5.33. The van der Waals surface area contributed by atoms with Gasteiger partial charge in [-0.05, 0) is 18.4 Å². The molecule has 6 heteroatoms. The van der Waals surface area contributed by atoms with Crippen LogP contribution in [0.4, 0.5) is 0 Å². The van der Waals surface area contributed by atoms with Crippen molar-refractivity contribution < 1.29 is 4.79 Å². The molecule has 1 saturated heterocycles. The van der Waals surface area contributed by atoms with Gasteiger partial charge >= 0.3 is 0 Å². The zero-order valence-corrected chi connectivity index (χ0v) is 14.0. The molecule has 1 N–H and O–H groups in total. The lowest BCUT2D eigenvalue weighted by Gasteiger charge is -2.38. The zero-order chi connectivity index (χ0) is 15.3. The number of nitrogens with one attached hydrogen (secondary N) is 1. The second kappa shape index (κ2) is 7.68. The van der Waals surface area contributed by atoms with Gasteiger partial charge in [-0.2, -0.15) is 0 Å². The lowest BCUT2D eigenvalue weighted by atomic mass is 10.1. The third-order valence-corrected chi connectivity index (χ3v) is 4.19. The maximum Gasteiger partial charge on any atom is 0.225 e. The maximum absolute atomic E-state index is 12.2. The van der Waals surface area contributed by atoms with Gasteiger partial charge in [0.15, 0.2) is 0 Å². The third-order valence-electron chi connectivity index (χ3n) is 3.57. The van der Waals surface area contributed by atoms with E-state index in [-0.39, 0.29) is 12.3 Å². The van der Waals surface area contributed by atoms with Crippen LogP contribution in [0.15, 0.2) is 30.3 Å². The summed E-state index contributed by atoms with van der Waals surface area (Å²) in [5.74, 6) is -0.136. The number of amides is 1. The Morgan fingerprint density at radius 1 is 1.14 bits per heavy atom. The maximum atomic E-state index is 12.2. The van der Waals surface area contributed by atoms with Crippen molar-refractivity contribution in [3.05, 3.63) is 35.9 Å². The summed E-state index contributed by atoms with van der Waals surface area (Å²) >= 11 is 18.2. The number of hydrogen-bond acceptors (Lipinski definition) is 2. The Morgan fingerprint density at radius 2 is 1.76 bits per heavy atom. The van der Waals surface area contributed by atoms with Crippen LogP contribution in [0.5, 0.6) is 0 Å². The van der Waals surface area contributed by atoms with Crippen molar-refractivity contribution in [3.63, 3.8) is 0 Å². The fourth-order valence-electron chi connectivity index (χ4n) is 2.54. The minimum atomic E-state index is -1.54. The standard InChI is InChI=1S/C15H19Cl3N2O/c16-15(17,18)14(20-9-5-2-6-10-20)19-13(21)11-12-7-3-1-4-8-12/h1,3-4,7-8,14H,2,5-6,9-11H2,(H,19,21)/t14-/m0/s1. The molecule has 1 atom stereocenters. The molecule has 2 rings (SSSR count). The van der Waals surface area contributed by atoms with Gasteiger partial charge < -0.3 is 5.32 Å². The number of benzene rings is 1. The highest BCUT2D eigenvalue weighted by molar-refractivity contribution is 6.68. The number of piperidine rings is 1. The van der Waals surface area contributed by atoms with Gasteiger partial charge in [0.05, 0.1) is 6.42 Å². The molecule has 0 saturated carbocycles. The molecule has 1 amide bonds. The Labute approximate surface area is 140 Å². The quantitative estimate of drug-likeness (QED) is 0.843. The van der Waals surface area contributed by atoms with Crippen LogP contribution < -0.4 is 5.32 Å². The van der Waals surface area contributed by atoms with Crippen molar-refractivity contribution in [2.24, 2.45) is 0 Å². The molecule has 1 aliphatic heterocycles. The molecule has 3 nitrogen and oxygen atoms in total. The van der Waals surface area contributed by atoms with Crippen molar-refractivity contribution >= 4 is 40.7 Å². The van der Waals surface area contributed by atoms with Crippen LogP contribution in [0.1, 0.15) is 24.8 Å². The molecule has 0 spiro atoms. The highest BCUT2D eigenvalue weighted by atomic mass is 35.6. The number of nitrogens with zero attached hydrogens (tertiary/aromatic N) is 1. The molecular weight excluding hydrogens is 331 g/mol. The molecule has 1 aromatic carbocycles. The Bertz CT molecular complexity index is 456. The molecule has 1 fully saturated rings. The minimum absolute atomic E-state index is 0.136. The van der Waals surface area contributed by atoms with Crippen LogP contribution in [0.25, 0.3) is 0 Å². The smallest absolute Gasteiger partial charge is 0.225 e. The number of likely N-dealkylation sites (tertiary alicyclic amines) is 1. The van der Waals surface area contributed by atoms with Gasteiger partial charge in [-0.3, -0.25) is 9.69 Å². The van der Waals surface area contributed by atoms with Crippen LogP contribution in [0, 0.1) is 0 Å². The van der Waals surface area contributed by atoms with Crippen molar-refractivity contribution in [2.45, 2.75) is 35.6 Å². The molecule has 0 aliphatic carbocycles. The second-order valence-electron chi connectivity index (χ2n) is 5.27. The van der Waals surface area contributed by atoms with E-state index in [1.165, 1.54) is 6.42 Å². The summed E-state index contributed by atoms with van der Waals surface area (Å²) in [6, 6.07) is 9.54. The van der Waals surface area contributed by atoms with E-state index in [4.69, 9.17) is 34.8 Å². The topological polar surface area (TPSA) is 32.3 Å². The molecule has 1 aromatic rings. The highest BCUT2D eigenvalue weighted by Gasteiger charge is 2.38. The van der Waals surface area contributed by atoms with Crippen molar-refractivity contribution in [1.29, 1.82) is 0 Å². The summed E-state index contributed by atoms with van der Waals surface area (Å²) in [5, 5.41) is 2.87. The predicted octanol–water partition coefficient (Wildman–Crippen LogP) is 3.53. The zero-order valence-electron chi connectivity index (χ0n) is 11.7. The molecule has 0 bridgehead atoms. The van der Waals surface area contributed by atoms with E-state index in [9.17, 15) is 4.79 Å². The largest absolute Gasteiger partial charge is 0.336 e. The molecule has 1 heterocycles. The monoisotopic (exact) mass is 348 g/mol. The lowest BCUT2D eigenvalue weighted by Crippen LogP contribution is -2.57. The Kier molecular flexibility index (Phi) is 6.18. The van der Waals surface area contributed by atoms with Crippen LogP contribution >= 0.6 is 34.8 Å². The van der Waals surface area contributed by atoms with Gasteiger partial charge in [-0.15, -0.1) is 0 Å². The lowest BCUT2D eigenvalue weighted by molar-refractivity contribution is -0.122. The minimum Gasteiger partial charge on any atom is -0.336 e. The summed E-state index contributed by atoms with van der Waals surface area (Å²) in [7, 11) is 0. The summed E-state index contributed by atoms with van der Waals surface area (Å²) in [5.41, 5.74) is 0.941. The number of halogens is 3. The normalized spacial score (nSPS) is 18.2. The summed E-state index contributed by atoms with van der Waals surface area (Å²) in [4.78, 5) is 14.2. The molecule has 1 aliphatic rings. The fraction of sp³-hybridized carbons (Fsp3) is 0.533. The van der Waals surface area contributed by atoms with Crippen LogP contribution in [-0.2, 0) is 11.2 Å². The Hall–Kier alpha value is -0.480. The van der Waals surface area contributed by atoms with Crippen molar-refractivity contribution in [1.82, 2.24) is 10.2 Å². The van der Waals surface area contributed by atoms with E-state index in [1.807, 2.05) is 35.2 Å². The van der Waals surface area contributed by atoms with Crippen LogP contribution in [-0.4, -0.2) is 33.9 Å². The first kappa shape index (κ1) is 16.9. The van der Waals surface area contributed by atoms with E-state index in [0.29, 0.717) is 0 Å². The SMILES string of the molecule is O=C(Cc1ccccc1)N[C@@H](N1CCCCC1)C(Cl)(Cl)Cl. The van der Waals surface area contributed by atoms with Crippen molar-refractivity contribution in [3.8, 4) is 0 Å². The average Bonchev–Trinajstić information content (AvgIpc) is 2.45. The first-order valence-electron chi connectivity index (χ1n) is 7.11. The van der Waals surface area contributed by atoms with Gasteiger partial charge in [0.2, 0.25) is 9.70 Å². The first-order valence-corrected chi connectivity index (χ1v) is 8.24. The highest BCUT2D eigenvalue weighted by Crippen LogP contribution is 2.33. The molecule has 21 heavy (non-hydrogen) atoms. The summed E-state index contributed by atoms with van der Waals surface area (Å²) in [6.45, 7) is 1.67. The fourth-order valence-corrected chi connectivity index (χ4v) is 3.12. The van der Waals surface area contributed by atoms with E-state index in [1.54, 1.807) is 0 Å². The van der Waals surface area contributed by atoms with Gasteiger partial charge in [-0.1, -0.05) is 71.6 Å². The van der Waals surface area contributed by atoms with Crippen LogP contribution in [0.3, 0.4) is 0 Å². The predicted molar refractivity (Wildman–Crippen MR) is 87.8 cm³/mol. The molecule has 116 valence electrons. The number of rotatable bonds is 4. The first-order chi connectivity index (χ1) is 9.97. The van der Waals surface area contributed by atoms with E-state index in [2.05, 4.69) is 5.32 Å². The second-order valence-corrected chi connectivity index (χ2v) is 7.64. The number of hydrogen-bond donors (Lipinski definition) is 1. The number of carbonyl (C=O) groups excluding carboxylic acids is 1. The van der Waals surface area contributed by atoms with E-state index >= 15 is 0 Å². The van der Waals surface area contributed by atoms with Crippen LogP contribution in [0.2, 0.25) is 0 Å². The number of carbonyl (C=O) groups is 1. The molecule has 0 unspecified atom stereocenters. The van der Waals surface area contributed by atoms with E-state index in [0.717, 1.165) is 31.5 Å². The van der Waals surface area contributed by atoms with Gasteiger partial charge in [0.25, 0.3) is 0 Å². The number of alkyl halides is 3. The molecule has 0 radical (unpaired) electrons. The molecule has 0 aromatic heterocycles.